The Bertz CT molecular complexity index is 591. The molecule has 1 aromatic rings. The summed E-state index contributed by atoms with van der Waals surface area (Å²) >= 11 is 0. The van der Waals surface area contributed by atoms with E-state index in [0.717, 1.165) is 11.5 Å². The fourth-order valence-corrected chi connectivity index (χ4v) is 1.98. The highest BCUT2D eigenvalue weighted by molar-refractivity contribution is 5.72. The van der Waals surface area contributed by atoms with Crippen LogP contribution in [0, 0.1) is 11.8 Å². The SMILES string of the molecule is CC(C)(C)OC=O.CC1CC1.CC[C@@H](CCC(F)(F)F)C(=O)OCc1ccccc1. The molecule has 1 fully saturated rings. The quantitative estimate of drug-likeness (QED) is 0.366. The largest absolute Gasteiger partial charge is 0.462 e. The van der Waals surface area contributed by atoms with Gasteiger partial charge in [0.25, 0.3) is 6.47 Å². The van der Waals surface area contributed by atoms with Crippen LogP contribution in [-0.2, 0) is 25.7 Å². The fourth-order valence-electron chi connectivity index (χ4n) is 1.98. The van der Waals surface area contributed by atoms with Gasteiger partial charge in [-0.1, -0.05) is 57.0 Å². The first-order valence-electron chi connectivity index (χ1n) is 10.3. The summed E-state index contributed by atoms with van der Waals surface area (Å²) in [6.45, 7) is 9.98. The van der Waals surface area contributed by atoms with Gasteiger partial charge in [-0.05, 0) is 45.1 Å². The summed E-state index contributed by atoms with van der Waals surface area (Å²) < 4.78 is 45.9. The average Bonchev–Trinajstić information content (AvgIpc) is 3.42. The minimum atomic E-state index is -4.23. The van der Waals surface area contributed by atoms with Crippen molar-refractivity contribution in [2.24, 2.45) is 11.8 Å². The maximum atomic E-state index is 12.1. The van der Waals surface area contributed by atoms with Gasteiger partial charge in [0.05, 0.1) is 5.92 Å². The van der Waals surface area contributed by atoms with Crippen LogP contribution in [0.4, 0.5) is 13.2 Å². The van der Waals surface area contributed by atoms with Crippen molar-refractivity contribution in [2.45, 2.75) is 85.1 Å². The van der Waals surface area contributed by atoms with Crippen LogP contribution >= 0.6 is 0 Å². The Balaban J connectivity index is 0.000000621. The van der Waals surface area contributed by atoms with Crippen LogP contribution in [-0.4, -0.2) is 24.2 Å². The van der Waals surface area contributed by atoms with Gasteiger partial charge in [0.1, 0.15) is 12.2 Å². The Morgan fingerprint density at radius 1 is 1.17 bits per heavy atom. The molecular weight excluding hydrogens is 397 g/mol. The van der Waals surface area contributed by atoms with Crippen LogP contribution in [0.5, 0.6) is 0 Å². The fraction of sp³-hybridized carbons (Fsp3) is 0.652. The number of hydrogen-bond acceptors (Lipinski definition) is 4. The molecule has 1 aliphatic carbocycles. The summed E-state index contributed by atoms with van der Waals surface area (Å²) in [5, 5.41) is 0. The third kappa shape index (κ3) is 18.0. The molecule has 1 aliphatic rings. The summed E-state index contributed by atoms with van der Waals surface area (Å²) in [5.74, 6) is -0.166. The minimum Gasteiger partial charge on any atom is -0.462 e. The molecule has 7 heteroatoms. The summed E-state index contributed by atoms with van der Waals surface area (Å²) in [4.78, 5) is 21.3. The maximum Gasteiger partial charge on any atom is 0.389 e. The third-order valence-electron chi connectivity index (χ3n) is 4.09. The number of hydrogen-bond donors (Lipinski definition) is 0. The summed E-state index contributed by atoms with van der Waals surface area (Å²) in [6.07, 6.45) is -2.07. The molecule has 0 heterocycles. The summed E-state index contributed by atoms with van der Waals surface area (Å²) in [6, 6.07) is 9.05. The van der Waals surface area contributed by atoms with Crippen LogP contribution in [0.1, 0.15) is 72.3 Å². The van der Waals surface area contributed by atoms with E-state index in [4.69, 9.17) is 4.74 Å². The van der Waals surface area contributed by atoms with Gasteiger partial charge in [-0.25, -0.2) is 0 Å². The molecule has 1 saturated carbocycles. The lowest BCUT2D eigenvalue weighted by molar-refractivity contribution is -0.155. The molecule has 0 unspecified atom stereocenters. The maximum absolute atomic E-state index is 12.1. The van der Waals surface area contributed by atoms with E-state index in [0.29, 0.717) is 12.9 Å². The average molecular weight is 433 g/mol. The van der Waals surface area contributed by atoms with E-state index in [1.807, 2.05) is 39.0 Å². The van der Waals surface area contributed by atoms with Crippen molar-refractivity contribution < 1.29 is 32.2 Å². The van der Waals surface area contributed by atoms with Crippen molar-refractivity contribution in [1.29, 1.82) is 0 Å². The first-order chi connectivity index (χ1) is 13.9. The van der Waals surface area contributed by atoms with E-state index in [9.17, 15) is 22.8 Å². The smallest absolute Gasteiger partial charge is 0.389 e. The molecule has 172 valence electrons. The third-order valence-corrected chi connectivity index (χ3v) is 4.09. The van der Waals surface area contributed by atoms with Crippen molar-refractivity contribution in [3.63, 3.8) is 0 Å². The van der Waals surface area contributed by atoms with Gasteiger partial charge in [0, 0.05) is 6.42 Å². The van der Waals surface area contributed by atoms with Gasteiger partial charge in [-0.3, -0.25) is 9.59 Å². The Morgan fingerprint density at radius 3 is 2.03 bits per heavy atom. The second-order valence-corrected chi connectivity index (χ2v) is 8.36. The number of carbonyl (C=O) groups is 2. The standard InChI is InChI=1S/C14H17F3O2.C5H10O2.C4H8/c1-2-12(8-9-14(15,16)17)13(18)19-10-11-6-4-3-5-7-11;1-5(2,3)7-4-6;1-4-2-3-4/h3-7,12H,2,8-10H2,1H3;4H,1-3H3;4H,2-3H2,1H3/t12-;;/m0../s1. The predicted octanol–water partition coefficient (Wildman–Crippen LogP) is 6.47. The Hall–Kier alpha value is -2.05. The molecule has 0 saturated heterocycles. The molecule has 30 heavy (non-hydrogen) atoms. The highest BCUT2D eigenvalue weighted by atomic mass is 19.4. The molecule has 1 aromatic carbocycles. The Morgan fingerprint density at radius 2 is 1.70 bits per heavy atom. The van der Waals surface area contributed by atoms with Crippen LogP contribution in [0.2, 0.25) is 0 Å². The van der Waals surface area contributed by atoms with E-state index in [2.05, 4.69) is 11.7 Å². The van der Waals surface area contributed by atoms with E-state index in [1.165, 1.54) is 12.8 Å². The van der Waals surface area contributed by atoms with Gasteiger partial charge < -0.3 is 9.47 Å². The van der Waals surface area contributed by atoms with Crippen LogP contribution in [0.25, 0.3) is 0 Å². The lowest BCUT2D eigenvalue weighted by Gasteiger charge is -2.15. The van der Waals surface area contributed by atoms with Crippen molar-refractivity contribution in [3.8, 4) is 0 Å². The highest BCUT2D eigenvalue weighted by Gasteiger charge is 2.30. The van der Waals surface area contributed by atoms with Crippen molar-refractivity contribution in [3.05, 3.63) is 35.9 Å². The molecule has 2 rings (SSSR count). The van der Waals surface area contributed by atoms with Gasteiger partial charge in [0.2, 0.25) is 0 Å². The zero-order valence-electron chi connectivity index (χ0n) is 18.6. The van der Waals surface area contributed by atoms with Gasteiger partial charge in [-0.2, -0.15) is 13.2 Å². The van der Waals surface area contributed by atoms with Gasteiger partial charge in [-0.15, -0.1) is 0 Å². The zero-order chi connectivity index (χ0) is 23.2. The number of rotatable bonds is 7. The van der Waals surface area contributed by atoms with E-state index in [1.54, 1.807) is 19.1 Å². The number of halogens is 3. The molecular formula is C23H35F3O4. The monoisotopic (exact) mass is 432 g/mol. The Kier molecular flexibility index (Phi) is 13.1. The molecule has 0 N–H and O–H groups in total. The lowest BCUT2D eigenvalue weighted by Crippen LogP contribution is -2.20. The summed E-state index contributed by atoms with van der Waals surface area (Å²) in [7, 11) is 0. The van der Waals surface area contributed by atoms with Gasteiger partial charge >= 0.3 is 12.1 Å². The first kappa shape index (κ1) is 27.9. The van der Waals surface area contributed by atoms with Crippen molar-refractivity contribution >= 4 is 12.4 Å². The summed E-state index contributed by atoms with van der Waals surface area (Å²) in [5.41, 5.74) is 0.503. The Labute approximate surface area is 178 Å². The molecule has 4 nitrogen and oxygen atoms in total. The predicted molar refractivity (Wildman–Crippen MR) is 111 cm³/mol. The molecule has 0 aromatic heterocycles. The second-order valence-electron chi connectivity index (χ2n) is 8.36. The molecule has 0 bridgehead atoms. The van der Waals surface area contributed by atoms with E-state index < -0.39 is 24.5 Å². The topological polar surface area (TPSA) is 52.6 Å². The molecule has 0 amide bonds. The van der Waals surface area contributed by atoms with E-state index >= 15 is 0 Å². The van der Waals surface area contributed by atoms with Crippen molar-refractivity contribution in [1.82, 2.24) is 0 Å². The normalized spacial score (nSPS) is 14.3. The van der Waals surface area contributed by atoms with Crippen molar-refractivity contribution in [2.75, 3.05) is 0 Å². The van der Waals surface area contributed by atoms with Crippen LogP contribution in [0.3, 0.4) is 0 Å². The number of ether oxygens (including phenoxy) is 2. The van der Waals surface area contributed by atoms with Gasteiger partial charge in [0.15, 0.2) is 0 Å². The van der Waals surface area contributed by atoms with Crippen LogP contribution < -0.4 is 0 Å². The second kappa shape index (κ2) is 14.0. The van der Waals surface area contributed by atoms with Crippen LogP contribution in [0.15, 0.2) is 30.3 Å². The molecule has 0 spiro atoms. The first-order valence-corrected chi connectivity index (χ1v) is 10.3. The number of benzene rings is 1. The minimum absolute atomic E-state index is 0.0994. The number of carbonyl (C=O) groups excluding carboxylic acids is 2. The lowest BCUT2D eigenvalue weighted by atomic mass is 10.0. The number of alkyl halides is 3. The molecule has 0 aliphatic heterocycles. The number of esters is 1. The zero-order valence-corrected chi connectivity index (χ0v) is 18.6. The molecule has 1 atom stereocenters. The highest BCUT2D eigenvalue weighted by Crippen LogP contribution is 2.27. The van der Waals surface area contributed by atoms with E-state index in [-0.39, 0.29) is 18.6 Å². The molecule has 0 radical (unpaired) electrons.